The molecule has 316 valence electrons. The van der Waals surface area contributed by atoms with E-state index in [4.69, 9.17) is 0 Å². The molecular weight excluding hydrogens is 890 g/mol. The van der Waals surface area contributed by atoms with Crippen LogP contribution in [0.5, 0.6) is 0 Å². The lowest BCUT2D eigenvalue weighted by Crippen LogP contribution is -2.37. The number of thioether (sulfide) groups is 1. The molecule has 3 heterocycles. The lowest BCUT2D eigenvalue weighted by Gasteiger charge is -2.24. The number of imidazole rings is 2. The van der Waals surface area contributed by atoms with Gasteiger partial charge in [0, 0.05) is 33.0 Å². The highest BCUT2D eigenvalue weighted by Crippen LogP contribution is 2.43. The average Bonchev–Trinajstić information content (AvgIpc) is 4.08. The van der Waals surface area contributed by atoms with Crippen LogP contribution in [-0.4, -0.2) is 9.13 Å². The molecule has 0 N–H and O–H groups in total. The van der Waals surface area contributed by atoms with E-state index in [1.165, 1.54) is 98.9 Å². The van der Waals surface area contributed by atoms with Gasteiger partial charge in [0.05, 0.1) is 29.9 Å². The number of anilines is 1. The number of aromatic nitrogens is 4. The predicted molar refractivity (Wildman–Crippen MR) is 270 cm³/mol. The quantitative estimate of drug-likeness (QED) is 0.0774. The maximum absolute atomic E-state index is 2.56. The van der Waals surface area contributed by atoms with Crippen LogP contribution >= 0.6 is 34.4 Å². The van der Waals surface area contributed by atoms with Crippen molar-refractivity contribution >= 4 is 40.0 Å². The first-order valence-electron chi connectivity index (χ1n) is 22.2. The van der Waals surface area contributed by atoms with Gasteiger partial charge in [-0.3, -0.25) is 0 Å². The van der Waals surface area contributed by atoms with E-state index in [-0.39, 0.29) is 0 Å². The standard InChI is InChI=1S/C31H31IN3S.C24H29N2/c1-22(2)34-14-15-35(31(34)27-13-9-8-10-23(27)3)30-28(24(4)32)20-26(25-11-6-5-7-12-25)21-29(30)33-16-18-36-19-17-33;1-18(2)21-14-9-15-22(19-10-7-8-11-19)23(21)26-17-16-25(3)24(26)20-12-5-4-6-13-20/h5-22,24H,1-4H3;4-6,9,12-19H,7-8,10-11H2,1-3H3/q2*+1. The normalized spacial score (nSPS) is 14.5. The van der Waals surface area contributed by atoms with Crippen molar-refractivity contribution in [2.75, 3.05) is 4.90 Å². The summed E-state index contributed by atoms with van der Waals surface area (Å²) in [5.74, 6) is 3.65. The Kier molecular flexibility index (Phi) is 13.7. The van der Waals surface area contributed by atoms with Crippen LogP contribution in [0, 0.1) is 6.92 Å². The number of benzene rings is 5. The molecule has 5 aromatic carbocycles. The van der Waals surface area contributed by atoms with E-state index in [0.717, 1.165) is 0 Å². The molecular formula is C55H60IN5S+2. The van der Waals surface area contributed by atoms with Gasteiger partial charge in [0.1, 0.15) is 30.5 Å². The second-order valence-corrected chi connectivity index (χ2v) is 19.9. The van der Waals surface area contributed by atoms with E-state index in [1.54, 1.807) is 11.8 Å². The van der Waals surface area contributed by atoms with Gasteiger partial charge in [0.2, 0.25) is 0 Å². The number of rotatable bonds is 10. The van der Waals surface area contributed by atoms with Gasteiger partial charge in [0.25, 0.3) is 11.6 Å². The summed E-state index contributed by atoms with van der Waals surface area (Å²) in [5, 5.41) is 4.27. The number of halogens is 1. The highest BCUT2D eigenvalue weighted by molar-refractivity contribution is 14.1. The number of alkyl halides is 1. The minimum Gasteiger partial charge on any atom is -0.319 e. The molecule has 7 heteroatoms. The molecule has 1 atom stereocenters. The first-order chi connectivity index (χ1) is 30.1. The van der Waals surface area contributed by atoms with Crippen LogP contribution in [0.25, 0.3) is 45.3 Å². The molecule has 0 amide bonds. The van der Waals surface area contributed by atoms with Gasteiger partial charge < -0.3 is 4.90 Å². The third-order valence-corrected chi connectivity index (χ3v) is 13.6. The predicted octanol–water partition coefficient (Wildman–Crippen LogP) is 14.7. The minimum atomic E-state index is 0.312. The summed E-state index contributed by atoms with van der Waals surface area (Å²) >= 11 is 4.26. The van der Waals surface area contributed by atoms with Crippen molar-refractivity contribution in [3.63, 3.8) is 0 Å². The number of nitrogens with zero attached hydrogens (tertiary/aromatic N) is 5. The monoisotopic (exact) mass is 949 g/mol. The van der Waals surface area contributed by atoms with Gasteiger partial charge in [-0.25, -0.2) is 9.13 Å². The van der Waals surface area contributed by atoms with Gasteiger partial charge in [-0.1, -0.05) is 134 Å². The third-order valence-electron chi connectivity index (χ3n) is 12.4. The summed E-state index contributed by atoms with van der Waals surface area (Å²) in [6.07, 6.45) is 18.6. The Bertz CT molecular complexity index is 2670. The highest BCUT2D eigenvalue weighted by Gasteiger charge is 2.32. The maximum atomic E-state index is 2.56. The topological polar surface area (TPSA) is 20.9 Å². The van der Waals surface area contributed by atoms with Crippen LogP contribution in [-0.2, 0) is 7.05 Å². The molecule has 0 radical (unpaired) electrons. The average molecular weight is 950 g/mol. The largest absolute Gasteiger partial charge is 0.319 e. The van der Waals surface area contributed by atoms with E-state index < -0.39 is 0 Å². The van der Waals surface area contributed by atoms with E-state index in [2.05, 4.69) is 258 Å². The first-order valence-corrected chi connectivity index (χ1v) is 24.4. The van der Waals surface area contributed by atoms with E-state index >= 15 is 0 Å². The molecule has 62 heavy (non-hydrogen) atoms. The molecule has 1 fully saturated rings. The van der Waals surface area contributed by atoms with Gasteiger partial charge in [-0.05, 0) is 110 Å². The summed E-state index contributed by atoms with van der Waals surface area (Å²) < 4.78 is 9.77. The number of para-hydroxylation sites is 1. The molecule has 5 nitrogen and oxygen atoms in total. The Balaban J connectivity index is 0.000000180. The smallest absolute Gasteiger partial charge is 0.294 e. The fraction of sp³-hybridized carbons (Fsp3) is 0.273. The summed E-state index contributed by atoms with van der Waals surface area (Å²) in [6.45, 7) is 13.6. The fourth-order valence-electron chi connectivity index (χ4n) is 9.23. The molecule has 2 aromatic heterocycles. The molecule has 0 spiro atoms. The van der Waals surface area contributed by atoms with Gasteiger partial charge >= 0.3 is 0 Å². The molecule has 1 aliphatic carbocycles. The Hall–Kier alpha value is -5.12. The van der Waals surface area contributed by atoms with Gasteiger partial charge in [-0.2, -0.15) is 9.13 Å². The van der Waals surface area contributed by atoms with E-state index in [1.807, 2.05) is 0 Å². The van der Waals surface area contributed by atoms with Gasteiger partial charge in [-0.15, -0.1) is 11.8 Å². The number of hydrogen-bond donors (Lipinski definition) is 0. The zero-order valence-corrected chi connectivity index (χ0v) is 40.2. The van der Waals surface area contributed by atoms with Crippen molar-refractivity contribution in [3.05, 3.63) is 186 Å². The molecule has 2 aliphatic rings. The zero-order chi connectivity index (χ0) is 43.3. The van der Waals surface area contributed by atoms with Crippen molar-refractivity contribution in [2.24, 2.45) is 7.05 Å². The van der Waals surface area contributed by atoms with Crippen LogP contribution < -0.4 is 14.0 Å². The van der Waals surface area contributed by atoms with Crippen LogP contribution in [0.15, 0.2) is 163 Å². The lowest BCUT2D eigenvalue weighted by atomic mass is 9.90. The Morgan fingerprint density at radius 2 is 1.27 bits per heavy atom. The number of aryl methyl sites for hydroxylation is 2. The molecule has 7 aromatic rings. The number of hydrogen-bond acceptors (Lipinski definition) is 2. The Morgan fingerprint density at radius 1 is 0.645 bits per heavy atom. The van der Waals surface area contributed by atoms with Crippen molar-refractivity contribution in [2.45, 2.75) is 89.0 Å². The summed E-state index contributed by atoms with van der Waals surface area (Å²) in [7, 11) is 2.14. The van der Waals surface area contributed by atoms with Crippen molar-refractivity contribution < 1.29 is 9.13 Å². The zero-order valence-electron chi connectivity index (χ0n) is 37.2. The van der Waals surface area contributed by atoms with Crippen LogP contribution in [0.2, 0.25) is 0 Å². The van der Waals surface area contributed by atoms with Crippen molar-refractivity contribution in [1.29, 1.82) is 0 Å². The highest BCUT2D eigenvalue weighted by atomic mass is 127. The summed E-state index contributed by atoms with van der Waals surface area (Å²) in [4.78, 5) is 2.25. The molecule has 1 aliphatic heterocycles. The molecule has 9 rings (SSSR count). The van der Waals surface area contributed by atoms with Crippen LogP contribution in [0.4, 0.5) is 5.69 Å². The first kappa shape index (κ1) is 43.5. The Morgan fingerprint density at radius 3 is 1.92 bits per heavy atom. The van der Waals surface area contributed by atoms with E-state index in [9.17, 15) is 0 Å². The molecule has 0 bridgehead atoms. The summed E-state index contributed by atoms with van der Waals surface area (Å²) in [5.41, 5.74) is 14.3. The Labute approximate surface area is 387 Å². The molecule has 1 saturated carbocycles. The van der Waals surface area contributed by atoms with Crippen molar-refractivity contribution in [1.82, 2.24) is 9.13 Å². The molecule has 0 saturated heterocycles. The second kappa shape index (κ2) is 19.5. The SMILES string of the molecule is CC(C)c1cccc(C2CCCC2)c1-n1cc[n+](C)c1-c1ccccc1.Cc1ccccc1-c1n(-c2c(C(C)I)cc(-c3ccccc3)cc2N2C=CSC=C2)cc[n+]1C(C)C. The molecule has 1 unspecified atom stereocenters. The van der Waals surface area contributed by atoms with E-state index in [0.29, 0.717) is 21.8 Å². The van der Waals surface area contributed by atoms with Crippen LogP contribution in [0.1, 0.15) is 104 Å². The second-order valence-electron chi connectivity index (χ2n) is 17.2. The minimum absolute atomic E-state index is 0.312. The fourth-order valence-corrected chi connectivity index (χ4v) is 10.2. The third kappa shape index (κ3) is 9.02. The maximum Gasteiger partial charge on any atom is 0.294 e. The van der Waals surface area contributed by atoms with Gasteiger partial charge in [0.15, 0.2) is 5.69 Å². The summed E-state index contributed by atoms with van der Waals surface area (Å²) in [6, 6.07) is 42.1. The lowest BCUT2D eigenvalue weighted by molar-refractivity contribution is -0.704. The van der Waals surface area contributed by atoms with Crippen molar-refractivity contribution in [3.8, 4) is 45.3 Å². The van der Waals surface area contributed by atoms with Crippen LogP contribution in [0.3, 0.4) is 0 Å².